The molecule has 0 aliphatic rings. The highest BCUT2D eigenvalue weighted by atomic mass is 15.3. The lowest BCUT2D eigenvalue weighted by atomic mass is 10.2. The summed E-state index contributed by atoms with van der Waals surface area (Å²) in [6, 6.07) is 15.9. The molecule has 0 bridgehead atoms. The maximum absolute atomic E-state index is 4.40. The van der Waals surface area contributed by atoms with Crippen molar-refractivity contribution in [2.75, 3.05) is 19.0 Å². The fraction of sp³-hybridized carbons (Fsp3) is 0.188. The number of para-hydroxylation sites is 1. The van der Waals surface area contributed by atoms with Crippen LogP contribution in [0.2, 0.25) is 0 Å². The van der Waals surface area contributed by atoms with Crippen molar-refractivity contribution in [1.29, 1.82) is 0 Å². The van der Waals surface area contributed by atoms with Crippen LogP contribution in [0.25, 0.3) is 10.9 Å². The number of benzene rings is 2. The molecule has 1 aromatic heterocycles. The minimum Gasteiger partial charge on any atom is -0.378 e. The predicted molar refractivity (Wildman–Crippen MR) is 85.7 cm³/mol. The molecule has 106 valence electrons. The minimum atomic E-state index is 0.643. The fourth-order valence-corrected chi connectivity index (χ4v) is 2.19. The second-order valence-electron chi connectivity index (χ2n) is 5.08. The highest BCUT2D eigenvalue weighted by Crippen LogP contribution is 2.26. The Kier molecular flexibility index (Phi) is 3.39. The second-order valence-corrected chi connectivity index (χ2v) is 5.08. The van der Waals surface area contributed by atoms with E-state index in [1.54, 1.807) is 0 Å². The third-order valence-electron chi connectivity index (χ3n) is 3.36. The van der Waals surface area contributed by atoms with Crippen LogP contribution in [0.5, 0.6) is 0 Å². The van der Waals surface area contributed by atoms with Gasteiger partial charge in [0.1, 0.15) is 0 Å². The van der Waals surface area contributed by atoms with Gasteiger partial charge in [-0.3, -0.25) is 4.68 Å². The summed E-state index contributed by atoms with van der Waals surface area (Å²) in [6.45, 7) is 0. The van der Waals surface area contributed by atoms with E-state index in [-0.39, 0.29) is 0 Å². The summed E-state index contributed by atoms with van der Waals surface area (Å²) in [5, 5.41) is 14.0. The van der Waals surface area contributed by atoms with Gasteiger partial charge in [-0.05, 0) is 36.4 Å². The maximum Gasteiger partial charge on any atom is 0.203 e. The van der Waals surface area contributed by atoms with Gasteiger partial charge in [-0.25, -0.2) is 0 Å². The summed E-state index contributed by atoms with van der Waals surface area (Å²) in [4.78, 5) is 2.05. The number of hydrogen-bond donors (Lipinski definition) is 0. The molecule has 0 atom stereocenters. The van der Waals surface area contributed by atoms with E-state index in [0.29, 0.717) is 5.82 Å². The molecule has 0 spiro atoms. The van der Waals surface area contributed by atoms with Crippen LogP contribution in [0.1, 0.15) is 0 Å². The van der Waals surface area contributed by atoms with Gasteiger partial charge in [-0.1, -0.05) is 12.1 Å². The van der Waals surface area contributed by atoms with Gasteiger partial charge in [0, 0.05) is 32.2 Å². The average molecular weight is 279 g/mol. The molecule has 0 N–H and O–H groups in total. The summed E-state index contributed by atoms with van der Waals surface area (Å²) in [6.07, 6.45) is 0. The van der Waals surface area contributed by atoms with Crippen LogP contribution >= 0.6 is 0 Å². The first-order valence-corrected chi connectivity index (χ1v) is 6.76. The van der Waals surface area contributed by atoms with Crippen molar-refractivity contribution in [2.45, 2.75) is 0 Å². The van der Waals surface area contributed by atoms with Gasteiger partial charge in [0.05, 0.1) is 11.2 Å². The molecule has 5 heteroatoms. The van der Waals surface area contributed by atoms with E-state index in [0.717, 1.165) is 22.3 Å². The Bertz CT molecular complexity index is 784. The molecule has 1 heterocycles. The van der Waals surface area contributed by atoms with E-state index in [1.807, 2.05) is 79.3 Å². The minimum absolute atomic E-state index is 0.643. The Morgan fingerprint density at radius 2 is 1.67 bits per heavy atom. The lowest BCUT2D eigenvalue weighted by Gasteiger charge is -2.11. The molecule has 0 unspecified atom stereocenters. The van der Waals surface area contributed by atoms with E-state index >= 15 is 0 Å². The zero-order valence-electron chi connectivity index (χ0n) is 12.4. The van der Waals surface area contributed by atoms with E-state index in [9.17, 15) is 0 Å². The number of hydrogen-bond acceptors (Lipinski definition) is 4. The largest absolute Gasteiger partial charge is 0.378 e. The van der Waals surface area contributed by atoms with Crippen LogP contribution in [0.4, 0.5) is 17.2 Å². The standard InChI is InChI=1S/C16H17N5/c1-20(2)13-10-8-12(9-11-13)17-18-16-14-6-4-5-7-15(14)21(3)19-16/h4-11H,1-3H3. The maximum atomic E-state index is 4.40. The van der Waals surface area contributed by atoms with Gasteiger partial charge < -0.3 is 4.90 Å². The molecule has 21 heavy (non-hydrogen) atoms. The first-order chi connectivity index (χ1) is 10.1. The van der Waals surface area contributed by atoms with Crippen molar-refractivity contribution < 1.29 is 0 Å². The molecule has 2 aromatic carbocycles. The number of anilines is 1. The fourth-order valence-electron chi connectivity index (χ4n) is 2.19. The van der Waals surface area contributed by atoms with Crippen LogP contribution in [0, 0.1) is 0 Å². The van der Waals surface area contributed by atoms with Crippen molar-refractivity contribution in [2.24, 2.45) is 17.3 Å². The average Bonchev–Trinajstić information content (AvgIpc) is 2.83. The van der Waals surface area contributed by atoms with Crippen LogP contribution in [-0.2, 0) is 7.05 Å². The van der Waals surface area contributed by atoms with Crippen LogP contribution in [-0.4, -0.2) is 23.9 Å². The molecule has 0 fully saturated rings. The first-order valence-electron chi connectivity index (χ1n) is 6.76. The van der Waals surface area contributed by atoms with Gasteiger partial charge in [0.2, 0.25) is 5.82 Å². The van der Waals surface area contributed by atoms with Gasteiger partial charge in [-0.15, -0.1) is 10.2 Å². The van der Waals surface area contributed by atoms with Gasteiger partial charge in [0.25, 0.3) is 0 Å². The molecule has 0 saturated heterocycles. The van der Waals surface area contributed by atoms with Gasteiger partial charge in [-0.2, -0.15) is 5.10 Å². The van der Waals surface area contributed by atoms with Crippen LogP contribution < -0.4 is 4.90 Å². The Morgan fingerprint density at radius 3 is 2.38 bits per heavy atom. The molecule has 5 nitrogen and oxygen atoms in total. The van der Waals surface area contributed by atoms with Crippen molar-refractivity contribution in [1.82, 2.24) is 9.78 Å². The number of aromatic nitrogens is 2. The number of fused-ring (bicyclic) bond motifs is 1. The predicted octanol–water partition coefficient (Wildman–Crippen LogP) is 4.05. The molecular formula is C16H17N5. The zero-order valence-corrected chi connectivity index (χ0v) is 12.4. The van der Waals surface area contributed by atoms with Crippen LogP contribution in [0.15, 0.2) is 58.8 Å². The SMILES string of the molecule is CN(C)c1ccc(N=Nc2nn(C)c3ccccc23)cc1. The van der Waals surface area contributed by atoms with Crippen LogP contribution in [0.3, 0.4) is 0 Å². The monoisotopic (exact) mass is 279 g/mol. The Morgan fingerprint density at radius 1 is 0.952 bits per heavy atom. The molecule has 0 saturated carbocycles. The van der Waals surface area contributed by atoms with E-state index in [2.05, 4.69) is 15.3 Å². The van der Waals surface area contributed by atoms with E-state index in [1.165, 1.54) is 0 Å². The molecule has 3 rings (SSSR count). The molecule has 0 aliphatic carbocycles. The number of azo groups is 1. The Balaban J connectivity index is 1.91. The summed E-state index contributed by atoms with van der Waals surface area (Å²) in [7, 11) is 5.93. The summed E-state index contributed by atoms with van der Waals surface area (Å²) in [5.74, 6) is 0.643. The molecule has 0 radical (unpaired) electrons. The number of nitrogens with zero attached hydrogens (tertiary/aromatic N) is 5. The van der Waals surface area contributed by atoms with Crippen molar-refractivity contribution in [3.63, 3.8) is 0 Å². The van der Waals surface area contributed by atoms with Crippen molar-refractivity contribution >= 4 is 28.1 Å². The van der Waals surface area contributed by atoms with Gasteiger partial charge >= 0.3 is 0 Å². The lowest BCUT2D eigenvalue weighted by molar-refractivity contribution is 0.794. The smallest absolute Gasteiger partial charge is 0.203 e. The highest BCUT2D eigenvalue weighted by molar-refractivity contribution is 5.88. The molecule has 0 amide bonds. The Labute approximate surface area is 123 Å². The molecule has 0 aliphatic heterocycles. The normalized spacial score (nSPS) is 11.4. The molecule has 3 aromatic rings. The van der Waals surface area contributed by atoms with Crippen molar-refractivity contribution in [3.05, 3.63) is 48.5 Å². The first kappa shape index (κ1) is 13.3. The molecular weight excluding hydrogens is 262 g/mol. The van der Waals surface area contributed by atoms with Crippen molar-refractivity contribution in [3.8, 4) is 0 Å². The number of rotatable bonds is 3. The second kappa shape index (κ2) is 5.36. The quantitative estimate of drug-likeness (QED) is 0.679. The summed E-state index contributed by atoms with van der Waals surface area (Å²) in [5.41, 5.74) is 3.00. The third-order valence-corrected chi connectivity index (χ3v) is 3.36. The summed E-state index contributed by atoms with van der Waals surface area (Å²) < 4.78 is 1.82. The third kappa shape index (κ3) is 2.63. The Hall–Kier alpha value is -2.69. The number of aryl methyl sites for hydroxylation is 1. The van der Waals surface area contributed by atoms with E-state index < -0.39 is 0 Å². The lowest BCUT2D eigenvalue weighted by Crippen LogP contribution is -2.07. The topological polar surface area (TPSA) is 45.8 Å². The zero-order chi connectivity index (χ0) is 14.8. The highest BCUT2D eigenvalue weighted by Gasteiger charge is 2.06. The van der Waals surface area contributed by atoms with Gasteiger partial charge in [0.15, 0.2) is 0 Å². The van der Waals surface area contributed by atoms with E-state index in [4.69, 9.17) is 0 Å². The summed E-state index contributed by atoms with van der Waals surface area (Å²) >= 11 is 0.